The zero-order chi connectivity index (χ0) is 26.3. The Hall–Kier alpha value is -2.66. The summed E-state index contributed by atoms with van der Waals surface area (Å²) in [4.78, 5) is 13.9. The zero-order valence-corrected chi connectivity index (χ0v) is 21.8. The van der Waals surface area contributed by atoms with Crippen molar-refractivity contribution < 1.29 is 28.1 Å². The van der Waals surface area contributed by atoms with Crippen molar-refractivity contribution in [3.63, 3.8) is 0 Å². The smallest absolute Gasteiger partial charge is 0.338 e. The molecule has 3 aromatic carbocycles. The third-order valence-electron chi connectivity index (χ3n) is 7.26. The van der Waals surface area contributed by atoms with Crippen LogP contribution in [0.3, 0.4) is 0 Å². The summed E-state index contributed by atoms with van der Waals surface area (Å²) in [5.74, 6) is -2.07. The number of para-hydroxylation sites is 1. The molecule has 37 heavy (non-hydrogen) atoms. The summed E-state index contributed by atoms with van der Waals surface area (Å²) in [6.07, 6.45) is 1.62. The highest BCUT2D eigenvalue weighted by atomic mass is 35.5. The number of nitrogens with zero attached hydrogens (tertiary/aromatic N) is 2. The van der Waals surface area contributed by atoms with Gasteiger partial charge in [-0.25, -0.2) is 9.18 Å². The topological polar surface area (TPSA) is 93.5 Å². The zero-order valence-electron chi connectivity index (χ0n) is 20.2. The van der Waals surface area contributed by atoms with Crippen molar-refractivity contribution in [2.45, 2.75) is 23.8 Å². The van der Waals surface area contributed by atoms with E-state index in [4.69, 9.17) is 16.3 Å². The van der Waals surface area contributed by atoms with Gasteiger partial charge in [0.25, 0.3) is 0 Å². The molecule has 0 radical (unpaired) electrons. The first-order valence-electron chi connectivity index (χ1n) is 12.0. The summed E-state index contributed by atoms with van der Waals surface area (Å²) in [5, 5.41) is 9.68. The highest BCUT2D eigenvalue weighted by Gasteiger charge is 2.41. The third kappa shape index (κ3) is 4.83. The Bertz CT molecular complexity index is 1320. The Morgan fingerprint density at radius 3 is 2.46 bits per heavy atom. The second-order valence-electron chi connectivity index (χ2n) is 9.33. The van der Waals surface area contributed by atoms with E-state index in [1.807, 2.05) is 30.3 Å². The van der Waals surface area contributed by atoms with Gasteiger partial charge in [0.15, 0.2) is 0 Å². The average molecular weight is 547 g/mol. The number of rotatable bonds is 4. The van der Waals surface area contributed by atoms with Crippen LogP contribution in [0.5, 0.6) is 0 Å². The van der Waals surface area contributed by atoms with Crippen molar-refractivity contribution in [2.24, 2.45) is 5.92 Å². The first-order chi connectivity index (χ1) is 17.7. The lowest BCUT2D eigenvalue weighted by molar-refractivity contribution is 0.0453. The Kier molecular flexibility index (Phi) is 7.19. The van der Waals surface area contributed by atoms with Crippen LogP contribution < -0.4 is 4.90 Å². The van der Waals surface area contributed by atoms with Crippen molar-refractivity contribution in [3.8, 4) is 11.1 Å². The summed E-state index contributed by atoms with van der Waals surface area (Å²) in [5.41, 5.74) is 1.69. The van der Waals surface area contributed by atoms with Gasteiger partial charge in [0.05, 0.1) is 21.2 Å². The Labute approximate surface area is 221 Å². The van der Waals surface area contributed by atoms with Crippen LogP contribution in [0.25, 0.3) is 11.1 Å². The molecular weight excluding hydrogens is 519 g/mol. The molecule has 1 saturated heterocycles. The first-order valence-corrected chi connectivity index (χ1v) is 13.8. The molecule has 0 aliphatic carbocycles. The van der Waals surface area contributed by atoms with Gasteiger partial charge >= 0.3 is 5.97 Å². The summed E-state index contributed by atoms with van der Waals surface area (Å²) in [7, 11) is -1.75. The second-order valence-corrected chi connectivity index (χ2v) is 11.8. The van der Waals surface area contributed by atoms with E-state index in [-0.39, 0.29) is 21.9 Å². The van der Waals surface area contributed by atoms with Crippen LogP contribution in [0.4, 0.5) is 15.8 Å². The predicted octanol–water partition coefficient (Wildman–Crippen LogP) is 6.75. The van der Waals surface area contributed by atoms with Crippen molar-refractivity contribution in [1.29, 1.82) is 0 Å². The van der Waals surface area contributed by atoms with Gasteiger partial charge in [0, 0.05) is 44.1 Å². The minimum atomic E-state index is -3.48. The van der Waals surface area contributed by atoms with Gasteiger partial charge in [0.1, 0.15) is 5.82 Å². The number of hydrogen-bond donors (Lipinski definition) is 3. The number of aromatic carboxylic acids is 1. The van der Waals surface area contributed by atoms with E-state index in [0.717, 1.165) is 24.6 Å². The molecule has 10 heteroatoms. The van der Waals surface area contributed by atoms with Crippen LogP contribution in [-0.4, -0.2) is 57.3 Å². The summed E-state index contributed by atoms with van der Waals surface area (Å²) in [6.45, 7) is 1.75. The van der Waals surface area contributed by atoms with Gasteiger partial charge in [-0.3, -0.25) is 9.11 Å². The van der Waals surface area contributed by atoms with Crippen LogP contribution in [0.15, 0.2) is 65.6 Å². The van der Waals surface area contributed by atoms with Gasteiger partial charge in [-0.05, 0) is 60.7 Å². The monoisotopic (exact) mass is 546 g/mol. The molecule has 0 bridgehead atoms. The van der Waals surface area contributed by atoms with Crippen LogP contribution in [0.2, 0.25) is 5.02 Å². The fourth-order valence-corrected chi connectivity index (χ4v) is 7.11. The SMILES string of the molecule is CN1C(C2CCOCC2)CN(c2ccccc2)c2cc(Cl)c(-c3ccc(F)c(C(=O)O)c3)cc2S1(O)O. The van der Waals surface area contributed by atoms with E-state index in [1.54, 1.807) is 23.5 Å². The number of likely N-dealkylation sites (N-methyl/N-ethyl adjacent to an activating group) is 1. The Morgan fingerprint density at radius 1 is 1.08 bits per heavy atom. The number of anilines is 2. The lowest BCUT2D eigenvalue weighted by Crippen LogP contribution is -2.46. The maximum absolute atomic E-state index is 14.1. The molecule has 2 heterocycles. The van der Waals surface area contributed by atoms with E-state index >= 15 is 0 Å². The molecule has 0 amide bonds. The fraction of sp³-hybridized carbons (Fsp3) is 0.296. The molecule has 3 aromatic rings. The molecule has 2 aliphatic heterocycles. The summed E-state index contributed by atoms with van der Waals surface area (Å²) in [6, 6.07) is 16.5. The molecule has 7 nitrogen and oxygen atoms in total. The van der Waals surface area contributed by atoms with Crippen molar-refractivity contribution in [2.75, 3.05) is 31.7 Å². The molecule has 0 saturated carbocycles. The number of carboxylic acids is 1. The standard InChI is InChI=1S/C27H28ClFN2O5S/c1-30-25(17-9-11-36-12-10-17)16-31(19-5-3-2-4-6-19)24-15-22(28)20(14-26(24)37(30,34)35)18-7-8-23(29)21(13-18)27(32)33/h2-8,13-15,17,25,34-35H,9-12,16H2,1H3,(H,32,33). The molecule has 2 aliphatic rings. The molecule has 3 N–H and O–H groups in total. The summed E-state index contributed by atoms with van der Waals surface area (Å²) < 4.78 is 44.7. The number of carbonyl (C=O) groups is 1. The molecule has 1 unspecified atom stereocenters. The highest BCUT2D eigenvalue weighted by Crippen LogP contribution is 2.60. The van der Waals surface area contributed by atoms with E-state index in [2.05, 4.69) is 4.90 Å². The quantitative estimate of drug-likeness (QED) is 0.333. The molecule has 5 rings (SSSR count). The minimum Gasteiger partial charge on any atom is -0.478 e. The largest absolute Gasteiger partial charge is 0.478 e. The van der Waals surface area contributed by atoms with Crippen molar-refractivity contribution >= 4 is 39.7 Å². The number of halogens is 2. The maximum atomic E-state index is 14.1. The molecule has 0 spiro atoms. The summed E-state index contributed by atoms with van der Waals surface area (Å²) >= 11 is 6.74. The fourth-order valence-electron chi connectivity index (χ4n) is 5.19. The first kappa shape index (κ1) is 26.0. The van der Waals surface area contributed by atoms with Gasteiger partial charge in [-0.2, -0.15) is 4.31 Å². The van der Waals surface area contributed by atoms with Crippen molar-refractivity contribution in [3.05, 3.63) is 77.1 Å². The average Bonchev–Trinajstić information content (AvgIpc) is 2.97. The number of carboxylic acid groups (broad SMARTS) is 1. The van der Waals surface area contributed by atoms with Crippen LogP contribution in [0.1, 0.15) is 23.2 Å². The lowest BCUT2D eigenvalue weighted by atomic mass is 9.91. The van der Waals surface area contributed by atoms with Gasteiger partial charge in [0.2, 0.25) is 0 Å². The minimum absolute atomic E-state index is 0.187. The molecule has 0 aromatic heterocycles. The third-order valence-corrected chi connectivity index (χ3v) is 9.56. The van der Waals surface area contributed by atoms with Gasteiger partial charge in [-0.1, -0.05) is 35.9 Å². The van der Waals surface area contributed by atoms with E-state index in [0.29, 0.717) is 36.6 Å². The number of ether oxygens (including phenoxy) is 1. The van der Waals surface area contributed by atoms with Crippen molar-refractivity contribution in [1.82, 2.24) is 4.31 Å². The van der Waals surface area contributed by atoms with Crippen LogP contribution in [0, 0.1) is 11.7 Å². The van der Waals surface area contributed by atoms with Gasteiger partial charge < -0.3 is 14.7 Å². The number of hydrogen-bond acceptors (Lipinski definition) is 6. The Balaban J connectivity index is 1.69. The lowest BCUT2D eigenvalue weighted by Gasteiger charge is -2.46. The Morgan fingerprint density at radius 2 is 1.78 bits per heavy atom. The number of fused-ring (bicyclic) bond motifs is 1. The molecule has 1 atom stereocenters. The second kappa shape index (κ2) is 10.2. The molecule has 1 fully saturated rings. The molecule has 196 valence electrons. The highest BCUT2D eigenvalue weighted by molar-refractivity contribution is 8.22. The van der Waals surface area contributed by atoms with Gasteiger partial charge in [-0.15, -0.1) is 10.8 Å². The normalized spacial score (nSPS) is 21.2. The molecular formula is C27H28ClFN2O5S. The maximum Gasteiger partial charge on any atom is 0.338 e. The predicted molar refractivity (Wildman–Crippen MR) is 143 cm³/mol. The van der Waals surface area contributed by atoms with Crippen LogP contribution >= 0.6 is 22.4 Å². The van der Waals surface area contributed by atoms with E-state index < -0.39 is 28.1 Å². The van der Waals surface area contributed by atoms with E-state index in [9.17, 15) is 23.4 Å². The van der Waals surface area contributed by atoms with E-state index in [1.165, 1.54) is 12.1 Å². The van der Waals surface area contributed by atoms with Crippen LogP contribution in [-0.2, 0) is 4.74 Å². The number of benzene rings is 3.